The van der Waals surface area contributed by atoms with E-state index in [0.717, 1.165) is 22.3 Å². The summed E-state index contributed by atoms with van der Waals surface area (Å²) in [5, 5.41) is 3.60. The molecule has 0 spiro atoms. The molecule has 3 rings (SSSR count). The number of rotatable bonds is 3. The van der Waals surface area contributed by atoms with Gasteiger partial charge in [-0.25, -0.2) is 0 Å². The predicted octanol–water partition coefficient (Wildman–Crippen LogP) is 4.19. The van der Waals surface area contributed by atoms with Crippen molar-refractivity contribution in [3.05, 3.63) is 75.6 Å². The summed E-state index contributed by atoms with van der Waals surface area (Å²) < 4.78 is 5.89. The van der Waals surface area contributed by atoms with E-state index >= 15 is 0 Å². The third-order valence-electron chi connectivity index (χ3n) is 4.20. The van der Waals surface area contributed by atoms with Crippen molar-refractivity contribution in [2.75, 3.05) is 7.05 Å². The van der Waals surface area contributed by atoms with Crippen molar-refractivity contribution in [1.29, 1.82) is 0 Å². The summed E-state index contributed by atoms with van der Waals surface area (Å²) in [6, 6.07) is 13.2. The van der Waals surface area contributed by atoms with Crippen LogP contribution in [0.1, 0.15) is 28.4 Å². The Morgan fingerprint density at radius 3 is 2.57 bits per heavy atom. The van der Waals surface area contributed by atoms with Gasteiger partial charge in [0.2, 0.25) is 5.78 Å². The fraction of sp³-hybridized carbons (Fsp3) is 0.211. The summed E-state index contributed by atoms with van der Waals surface area (Å²) in [7, 11) is 1.76. The van der Waals surface area contributed by atoms with Gasteiger partial charge in [0.25, 0.3) is 0 Å². The maximum Gasteiger partial charge on any atom is 0.213 e. The fourth-order valence-electron chi connectivity index (χ4n) is 2.82. The van der Waals surface area contributed by atoms with E-state index < -0.39 is 6.10 Å². The molecule has 1 aliphatic heterocycles. The van der Waals surface area contributed by atoms with Crippen molar-refractivity contribution < 1.29 is 9.53 Å². The maximum atomic E-state index is 13.0. The van der Waals surface area contributed by atoms with Gasteiger partial charge in [-0.2, -0.15) is 0 Å². The largest absolute Gasteiger partial charge is 0.462 e. The van der Waals surface area contributed by atoms with E-state index in [1.807, 2.05) is 44.2 Å². The van der Waals surface area contributed by atoms with Crippen LogP contribution in [0.5, 0.6) is 0 Å². The van der Waals surface area contributed by atoms with Crippen LogP contribution < -0.4 is 5.32 Å². The van der Waals surface area contributed by atoms with Crippen LogP contribution in [0, 0.1) is 13.8 Å². The second-order valence-electron chi connectivity index (χ2n) is 5.62. The van der Waals surface area contributed by atoms with E-state index in [0.29, 0.717) is 16.5 Å². The first-order valence-corrected chi connectivity index (χ1v) is 7.85. The maximum absolute atomic E-state index is 13.0. The molecular weight excluding hydrogens is 310 g/mol. The molecule has 3 nitrogen and oxygen atoms in total. The number of carbonyl (C=O) groups is 1. The van der Waals surface area contributed by atoms with Crippen LogP contribution in [0.2, 0.25) is 5.02 Å². The Morgan fingerprint density at radius 2 is 1.87 bits per heavy atom. The monoisotopic (exact) mass is 327 g/mol. The lowest BCUT2D eigenvalue weighted by molar-refractivity contribution is -0.120. The van der Waals surface area contributed by atoms with Gasteiger partial charge in [-0.05, 0) is 42.7 Å². The van der Waals surface area contributed by atoms with E-state index in [4.69, 9.17) is 16.3 Å². The van der Waals surface area contributed by atoms with Crippen molar-refractivity contribution in [3.8, 4) is 0 Å². The zero-order valence-corrected chi connectivity index (χ0v) is 14.1. The molecule has 0 aliphatic carbocycles. The van der Waals surface area contributed by atoms with Crippen molar-refractivity contribution in [3.63, 3.8) is 0 Å². The third-order valence-corrected chi connectivity index (χ3v) is 4.43. The number of hydrogen-bond acceptors (Lipinski definition) is 3. The van der Waals surface area contributed by atoms with Crippen LogP contribution in [-0.4, -0.2) is 12.8 Å². The van der Waals surface area contributed by atoms with Crippen LogP contribution in [0.15, 0.2) is 48.3 Å². The van der Waals surface area contributed by atoms with E-state index in [2.05, 4.69) is 5.32 Å². The zero-order valence-electron chi connectivity index (χ0n) is 13.3. The number of ketones is 1. The van der Waals surface area contributed by atoms with E-state index in [1.54, 1.807) is 19.2 Å². The van der Waals surface area contributed by atoms with Crippen LogP contribution in [0.3, 0.4) is 0 Å². The molecule has 0 saturated carbocycles. The number of aryl methyl sites for hydroxylation is 1. The summed E-state index contributed by atoms with van der Waals surface area (Å²) >= 11 is 6.04. The smallest absolute Gasteiger partial charge is 0.213 e. The molecule has 23 heavy (non-hydrogen) atoms. The molecule has 1 heterocycles. The van der Waals surface area contributed by atoms with Gasteiger partial charge in [0, 0.05) is 17.6 Å². The minimum Gasteiger partial charge on any atom is -0.462 e. The Balaban J connectivity index is 2.06. The summed E-state index contributed by atoms with van der Waals surface area (Å²) in [5.41, 5.74) is 4.49. The molecule has 0 amide bonds. The van der Waals surface area contributed by atoms with Crippen LogP contribution in [-0.2, 0) is 9.53 Å². The Kier molecular flexibility index (Phi) is 4.14. The van der Waals surface area contributed by atoms with Crippen molar-refractivity contribution >= 4 is 23.0 Å². The molecule has 0 radical (unpaired) electrons. The zero-order chi connectivity index (χ0) is 16.6. The number of Topliss-reactive ketones (excluding diaryl/α,β-unsaturated/α-hetero) is 1. The number of nitrogens with one attached hydrogen (secondary N) is 1. The lowest BCUT2D eigenvalue weighted by atomic mass is 9.92. The number of ether oxygens (including phenoxy) is 1. The highest BCUT2D eigenvalue weighted by Gasteiger charge is 2.37. The lowest BCUT2D eigenvalue weighted by Crippen LogP contribution is -2.10. The average Bonchev–Trinajstić information content (AvgIpc) is 2.87. The standard InChI is InChI=1S/C19H18ClNO2/c1-11-6-4-9-15(12(11)2)16-17(22)18(23-19(16)21-3)13-7-5-8-14(20)10-13/h4-10,18,21H,1-3H3. The van der Waals surface area contributed by atoms with Gasteiger partial charge in [-0.3, -0.25) is 4.79 Å². The number of carbonyl (C=O) groups excluding carboxylic acids is 1. The Labute approximate surface area is 140 Å². The van der Waals surface area contributed by atoms with Gasteiger partial charge in [0.1, 0.15) is 0 Å². The summed E-state index contributed by atoms with van der Waals surface area (Å²) in [5.74, 6) is 0.457. The summed E-state index contributed by atoms with van der Waals surface area (Å²) in [6.07, 6.45) is -0.661. The van der Waals surface area contributed by atoms with Crippen molar-refractivity contribution in [2.24, 2.45) is 0 Å². The second-order valence-corrected chi connectivity index (χ2v) is 6.06. The normalized spacial score (nSPS) is 17.4. The molecule has 0 aromatic heterocycles. The Bertz CT molecular complexity index is 811. The topological polar surface area (TPSA) is 38.3 Å². The molecule has 1 atom stereocenters. The minimum absolute atomic E-state index is 0.0506. The molecule has 4 heteroatoms. The average molecular weight is 328 g/mol. The predicted molar refractivity (Wildman–Crippen MR) is 92.2 cm³/mol. The van der Waals surface area contributed by atoms with Gasteiger partial charge < -0.3 is 10.1 Å². The molecule has 0 bridgehead atoms. The Hall–Kier alpha value is -2.26. The lowest BCUT2D eigenvalue weighted by Gasteiger charge is -2.11. The van der Waals surface area contributed by atoms with Crippen LogP contribution in [0.25, 0.3) is 5.57 Å². The van der Waals surface area contributed by atoms with Gasteiger partial charge >= 0.3 is 0 Å². The highest BCUT2D eigenvalue weighted by atomic mass is 35.5. The minimum atomic E-state index is -0.661. The van der Waals surface area contributed by atoms with Gasteiger partial charge in [0.15, 0.2) is 12.0 Å². The van der Waals surface area contributed by atoms with E-state index in [-0.39, 0.29) is 5.78 Å². The number of halogens is 1. The second kappa shape index (κ2) is 6.09. The number of benzene rings is 2. The molecule has 1 unspecified atom stereocenters. The van der Waals surface area contributed by atoms with Crippen molar-refractivity contribution in [2.45, 2.75) is 20.0 Å². The van der Waals surface area contributed by atoms with E-state index in [9.17, 15) is 4.79 Å². The Morgan fingerprint density at radius 1 is 1.13 bits per heavy atom. The molecule has 118 valence electrons. The summed E-state index contributed by atoms with van der Waals surface area (Å²) in [6.45, 7) is 4.05. The first-order valence-electron chi connectivity index (χ1n) is 7.48. The van der Waals surface area contributed by atoms with Gasteiger partial charge in [-0.15, -0.1) is 0 Å². The molecule has 2 aromatic carbocycles. The SMILES string of the molecule is CNC1=C(c2cccc(C)c2C)C(=O)C(c2cccc(Cl)c2)O1. The molecule has 0 fully saturated rings. The molecule has 1 N–H and O–H groups in total. The van der Waals surface area contributed by atoms with Crippen LogP contribution in [0.4, 0.5) is 0 Å². The summed E-state index contributed by atoms with van der Waals surface area (Å²) in [4.78, 5) is 13.0. The third kappa shape index (κ3) is 2.73. The van der Waals surface area contributed by atoms with Crippen molar-refractivity contribution in [1.82, 2.24) is 5.32 Å². The number of hydrogen-bond donors (Lipinski definition) is 1. The highest BCUT2D eigenvalue weighted by molar-refractivity contribution is 6.31. The van der Waals surface area contributed by atoms with Gasteiger partial charge in [-0.1, -0.05) is 41.9 Å². The van der Waals surface area contributed by atoms with Gasteiger partial charge in [0.05, 0.1) is 5.57 Å². The first kappa shape index (κ1) is 15.6. The molecule has 1 aliphatic rings. The quantitative estimate of drug-likeness (QED) is 0.918. The highest BCUT2D eigenvalue weighted by Crippen LogP contribution is 2.38. The van der Waals surface area contributed by atoms with E-state index in [1.165, 1.54) is 0 Å². The molecule has 2 aromatic rings. The molecule has 0 saturated heterocycles. The first-order chi connectivity index (χ1) is 11.0. The fourth-order valence-corrected chi connectivity index (χ4v) is 3.02. The van der Waals surface area contributed by atoms with Crippen LogP contribution >= 0.6 is 11.6 Å². The molecular formula is C19H18ClNO2.